The molecular weight excluding hydrogens is 448 g/mol. The van der Waals surface area contributed by atoms with E-state index in [1.165, 1.54) is 84.1 Å². The summed E-state index contributed by atoms with van der Waals surface area (Å²) in [7, 11) is 2.50. The van der Waals surface area contributed by atoms with Crippen molar-refractivity contribution in [1.29, 1.82) is 0 Å². The van der Waals surface area contributed by atoms with Crippen LogP contribution in [0, 0.1) is 40.4 Å². The Morgan fingerprint density at radius 3 is 2.17 bits per heavy atom. The molecule has 8 atom stereocenters. The highest BCUT2D eigenvalue weighted by Crippen LogP contribution is 2.68. The number of fused-ring (bicyclic) bond motifs is 5. The van der Waals surface area contributed by atoms with Crippen LogP contribution in [0.3, 0.4) is 0 Å². The van der Waals surface area contributed by atoms with Crippen molar-refractivity contribution < 1.29 is 14.9 Å². The van der Waals surface area contributed by atoms with Gasteiger partial charge < -0.3 is 26.4 Å². The van der Waals surface area contributed by atoms with E-state index in [0.717, 1.165) is 62.7 Å². The SMILES string of the molecule is CC12CCC3C(C1CCC2CCCCO)[C@H](OCCCN)CC1CCCCC13C.CCC.CN.CO. The largest absolute Gasteiger partial charge is 0.400 e. The van der Waals surface area contributed by atoms with Gasteiger partial charge in [-0.2, -0.15) is 0 Å². The lowest BCUT2D eigenvalue weighted by Crippen LogP contribution is -2.58. The molecule has 4 rings (SSSR count). The number of hydrogen-bond acceptors (Lipinski definition) is 5. The maximum atomic E-state index is 9.24. The van der Waals surface area contributed by atoms with Gasteiger partial charge in [0.1, 0.15) is 0 Å². The standard InChI is InChI=1S/C26H47NO2.C3H8.CH5N.CH4O/c1-25-13-5-3-9-20(25)18-23(29-17-7-15-27)24-21-11-10-19(8-4-6-16-28)26(21,2)14-12-22(24)25;1-3-2;2*1-2/h19-24,28H,3-18,27H2,1-2H3;3H2,1-2H3;2H2,1H3;2H,1H3/t19?,20?,21?,22?,23-,24?,25?,26?;;;/m1.../s1. The lowest BCUT2D eigenvalue weighted by Gasteiger charge is -2.62. The second-order valence-electron chi connectivity index (χ2n) is 12.3. The van der Waals surface area contributed by atoms with Crippen molar-refractivity contribution in [1.82, 2.24) is 0 Å². The van der Waals surface area contributed by atoms with Crippen molar-refractivity contribution in [2.24, 2.45) is 51.9 Å². The predicted octanol–water partition coefficient (Wildman–Crippen LogP) is 6.14. The average molecular weight is 513 g/mol. The Bertz CT molecular complexity index is 562. The molecule has 4 aliphatic rings. The van der Waals surface area contributed by atoms with Crippen LogP contribution in [-0.4, -0.2) is 50.2 Å². The molecule has 0 radical (unpaired) electrons. The minimum atomic E-state index is 0.356. The normalized spacial score (nSPS) is 38.5. The molecule has 0 aliphatic heterocycles. The molecular formula is C31H64N2O3. The Balaban J connectivity index is 0.000000844. The highest BCUT2D eigenvalue weighted by molar-refractivity contribution is 5.11. The van der Waals surface area contributed by atoms with Crippen LogP contribution >= 0.6 is 0 Å². The zero-order valence-corrected chi connectivity index (χ0v) is 24.9. The summed E-state index contributed by atoms with van der Waals surface area (Å²) >= 11 is 0. The molecule has 216 valence electrons. The summed E-state index contributed by atoms with van der Waals surface area (Å²) in [6.45, 7) is 11.5. The van der Waals surface area contributed by atoms with Crippen LogP contribution in [0.1, 0.15) is 118 Å². The van der Waals surface area contributed by atoms with Gasteiger partial charge in [0.25, 0.3) is 0 Å². The molecule has 36 heavy (non-hydrogen) atoms. The molecule has 0 heterocycles. The summed E-state index contributed by atoms with van der Waals surface area (Å²) in [4.78, 5) is 0. The van der Waals surface area contributed by atoms with Gasteiger partial charge >= 0.3 is 0 Å². The smallest absolute Gasteiger partial charge is 0.0611 e. The topological polar surface area (TPSA) is 102 Å². The molecule has 0 aromatic carbocycles. The molecule has 4 aliphatic carbocycles. The van der Waals surface area contributed by atoms with Gasteiger partial charge in [0.15, 0.2) is 0 Å². The van der Waals surface area contributed by atoms with Crippen LogP contribution in [0.15, 0.2) is 0 Å². The van der Waals surface area contributed by atoms with Crippen LogP contribution in [0.5, 0.6) is 0 Å². The highest BCUT2D eigenvalue weighted by atomic mass is 16.5. The average Bonchev–Trinajstić information content (AvgIpc) is 3.23. The number of unbranched alkanes of at least 4 members (excludes halogenated alkanes) is 1. The molecule has 4 saturated carbocycles. The van der Waals surface area contributed by atoms with Crippen LogP contribution in [-0.2, 0) is 4.74 Å². The number of aliphatic hydroxyl groups excluding tert-OH is 2. The van der Waals surface area contributed by atoms with Gasteiger partial charge in [-0.3, -0.25) is 0 Å². The Morgan fingerprint density at radius 2 is 1.53 bits per heavy atom. The molecule has 7 unspecified atom stereocenters. The minimum Gasteiger partial charge on any atom is -0.400 e. The van der Waals surface area contributed by atoms with Gasteiger partial charge in [0, 0.05) is 20.3 Å². The summed E-state index contributed by atoms with van der Waals surface area (Å²) < 4.78 is 6.66. The summed E-state index contributed by atoms with van der Waals surface area (Å²) in [6, 6.07) is 0. The predicted molar refractivity (Wildman–Crippen MR) is 154 cm³/mol. The van der Waals surface area contributed by atoms with Gasteiger partial charge in [0.2, 0.25) is 0 Å². The second-order valence-corrected chi connectivity index (χ2v) is 12.3. The third-order valence-corrected chi connectivity index (χ3v) is 10.4. The first kappa shape index (κ1) is 33.8. The summed E-state index contributed by atoms with van der Waals surface area (Å²) in [5, 5.41) is 16.2. The lowest BCUT2D eigenvalue weighted by atomic mass is 9.44. The van der Waals surface area contributed by atoms with E-state index >= 15 is 0 Å². The lowest BCUT2D eigenvalue weighted by molar-refractivity contribution is -0.179. The maximum absolute atomic E-state index is 9.24. The molecule has 0 bridgehead atoms. The number of aliphatic hydroxyl groups is 2. The number of hydrogen-bond donors (Lipinski definition) is 4. The van der Waals surface area contributed by atoms with Crippen molar-refractivity contribution in [2.45, 2.75) is 124 Å². The van der Waals surface area contributed by atoms with Gasteiger partial charge in [-0.05, 0) is 118 Å². The van der Waals surface area contributed by atoms with E-state index in [-0.39, 0.29) is 0 Å². The van der Waals surface area contributed by atoms with Crippen LogP contribution in [0.25, 0.3) is 0 Å². The first-order chi connectivity index (χ1) is 17.5. The molecule has 0 amide bonds. The first-order valence-corrected chi connectivity index (χ1v) is 15.4. The Labute approximate surface area is 224 Å². The molecule has 5 nitrogen and oxygen atoms in total. The molecule has 0 aromatic heterocycles. The molecule has 0 saturated heterocycles. The Hall–Kier alpha value is -0.200. The van der Waals surface area contributed by atoms with Crippen LogP contribution < -0.4 is 11.5 Å². The van der Waals surface area contributed by atoms with Crippen molar-refractivity contribution in [2.75, 3.05) is 33.9 Å². The molecule has 0 spiro atoms. The van der Waals surface area contributed by atoms with E-state index in [1.54, 1.807) is 0 Å². The molecule has 4 fully saturated rings. The summed E-state index contributed by atoms with van der Waals surface area (Å²) in [5.41, 5.74) is 11.4. The van der Waals surface area contributed by atoms with E-state index < -0.39 is 0 Å². The van der Waals surface area contributed by atoms with E-state index in [4.69, 9.17) is 15.6 Å². The third kappa shape index (κ3) is 7.68. The number of nitrogens with two attached hydrogens (primary N) is 2. The fraction of sp³-hybridized carbons (Fsp3) is 1.00. The van der Waals surface area contributed by atoms with Gasteiger partial charge in [-0.25, -0.2) is 0 Å². The molecule has 5 heteroatoms. The highest BCUT2D eigenvalue weighted by Gasteiger charge is 2.62. The van der Waals surface area contributed by atoms with Crippen LogP contribution in [0.4, 0.5) is 0 Å². The van der Waals surface area contributed by atoms with E-state index in [0.29, 0.717) is 23.5 Å². The van der Waals surface area contributed by atoms with E-state index in [9.17, 15) is 5.11 Å². The Kier molecular flexibility index (Phi) is 16.4. The van der Waals surface area contributed by atoms with E-state index in [1.807, 2.05) is 0 Å². The van der Waals surface area contributed by atoms with E-state index in [2.05, 4.69) is 33.4 Å². The quantitative estimate of drug-likeness (QED) is 0.293. The summed E-state index contributed by atoms with van der Waals surface area (Å²) in [6.07, 6.45) is 19.0. The van der Waals surface area contributed by atoms with Gasteiger partial charge in [-0.1, -0.05) is 53.4 Å². The monoisotopic (exact) mass is 512 g/mol. The van der Waals surface area contributed by atoms with Gasteiger partial charge in [-0.15, -0.1) is 0 Å². The fourth-order valence-corrected chi connectivity index (χ4v) is 8.81. The molecule has 6 N–H and O–H groups in total. The summed E-state index contributed by atoms with van der Waals surface area (Å²) in [5.74, 6) is 4.24. The number of ether oxygens (including phenoxy) is 1. The zero-order valence-electron chi connectivity index (χ0n) is 24.9. The minimum absolute atomic E-state index is 0.356. The second kappa shape index (κ2) is 17.4. The zero-order chi connectivity index (χ0) is 27.2. The van der Waals surface area contributed by atoms with Crippen molar-refractivity contribution in [3.63, 3.8) is 0 Å². The molecule has 0 aromatic rings. The van der Waals surface area contributed by atoms with Crippen molar-refractivity contribution in [3.05, 3.63) is 0 Å². The van der Waals surface area contributed by atoms with Gasteiger partial charge in [0.05, 0.1) is 6.10 Å². The van der Waals surface area contributed by atoms with Crippen LogP contribution in [0.2, 0.25) is 0 Å². The Morgan fingerprint density at radius 1 is 0.861 bits per heavy atom. The fourth-order valence-electron chi connectivity index (χ4n) is 8.81. The maximum Gasteiger partial charge on any atom is 0.0611 e. The number of rotatable bonds is 8. The van der Waals surface area contributed by atoms with Crippen molar-refractivity contribution in [3.8, 4) is 0 Å². The van der Waals surface area contributed by atoms with Crippen molar-refractivity contribution >= 4 is 0 Å². The first-order valence-electron chi connectivity index (χ1n) is 15.4. The third-order valence-electron chi connectivity index (χ3n) is 10.4.